The van der Waals surface area contributed by atoms with E-state index in [1.807, 2.05) is 0 Å². The van der Waals surface area contributed by atoms with Gasteiger partial charge in [-0.15, -0.1) is 0 Å². The summed E-state index contributed by atoms with van der Waals surface area (Å²) in [5.41, 5.74) is -0.912. The normalized spacial score (nSPS) is 12.2. The van der Waals surface area contributed by atoms with Gasteiger partial charge in [-0.05, 0) is 50.2 Å². The number of halogens is 5. The lowest BCUT2D eigenvalue weighted by Gasteiger charge is -2.24. The molecular formula is C22H16F5N5. The van der Waals surface area contributed by atoms with E-state index in [9.17, 15) is 22.0 Å². The highest BCUT2D eigenvalue weighted by atomic mass is 19.4. The molecule has 164 valence electrons. The predicted octanol–water partition coefficient (Wildman–Crippen LogP) is 5.55. The number of H-pyrrole nitrogens is 1. The molecule has 4 aromatic rings. The van der Waals surface area contributed by atoms with Crippen LogP contribution in [0.2, 0.25) is 0 Å². The van der Waals surface area contributed by atoms with E-state index in [1.54, 1.807) is 44.2 Å². The third-order valence-electron chi connectivity index (χ3n) is 5.04. The number of pyridine rings is 3. The number of aromatic amines is 1. The van der Waals surface area contributed by atoms with Crippen LogP contribution in [-0.2, 0) is 11.6 Å². The molecule has 0 saturated heterocycles. The van der Waals surface area contributed by atoms with Crippen LogP contribution in [0.4, 0.5) is 22.0 Å². The third kappa shape index (κ3) is 3.95. The number of nitrogens with zero attached hydrogens (tertiary/aromatic N) is 4. The van der Waals surface area contributed by atoms with E-state index in [2.05, 4.69) is 24.9 Å². The van der Waals surface area contributed by atoms with Crippen LogP contribution in [0.15, 0.2) is 54.9 Å². The van der Waals surface area contributed by atoms with Crippen molar-refractivity contribution in [3.05, 3.63) is 83.8 Å². The maximum Gasteiger partial charge on any atom is 0.433 e. The van der Waals surface area contributed by atoms with Gasteiger partial charge in [0.25, 0.3) is 0 Å². The number of hydrogen-bond donors (Lipinski definition) is 1. The first-order chi connectivity index (χ1) is 15.1. The van der Waals surface area contributed by atoms with E-state index in [1.165, 1.54) is 12.1 Å². The van der Waals surface area contributed by atoms with Crippen molar-refractivity contribution < 1.29 is 22.0 Å². The van der Waals surface area contributed by atoms with Crippen LogP contribution in [0.3, 0.4) is 0 Å². The van der Waals surface area contributed by atoms with E-state index in [0.717, 1.165) is 12.4 Å². The number of nitrogens with one attached hydrogen (secondary N) is 1. The Morgan fingerprint density at radius 2 is 1.41 bits per heavy atom. The molecule has 0 saturated carbocycles. The zero-order chi connectivity index (χ0) is 23.1. The Morgan fingerprint density at radius 1 is 0.781 bits per heavy atom. The molecule has 5 nitrogen and oxygen atoms in total. The van der Waals surface area contributed by atoms with Crippen LogP contribution >= 0.6 is 0 Å². The summed E-state index contributed by atoms with van der Waals surface area (Å²) < 4.78 is 67.1. The molecule has 0 aliphatic rings. The summed E-state index contributed by atoms with van der Waals surface area (Å²) in [5.74, 6) is -1.94. The van der Waals surface area contributed by atoms with Gasteiger partial charge in [0.1, 0.15) is 11.4 Å². The largest absolute Gasteiger partial charge is 0.433 e. The molecule has 32 heavy (non-hydrogen) atoms. The molecule has 0 atom stereocenters. The fourth-order valence-corrected chi connectivity index (χ4v) is 3.29. The van der Waals surface area contributed by atoms with E-state index in [4.69, 9.17) is 0 Å². The second kappa shape index (κ2) is 7.77. The Bertz CT molecular complexity index is 1280. The van der Waals surface area contributed by atoms with Gasteiger partial charge in [-0.2, -0.15) is 26.9 Å². The molecule has 0 unspecified atom stereocenters. The zero-order valence-corrected chi connectivity index (χ0v) is 16.9. The molecule has 0 radical (unpaired) electrons. The monoisotopic (exact) mass is 445 g/mol. The van der Waals surface area contributed by atoms with Gasteiger partial charge >= 0.3 is 6.18 Å². The lowest BCUT2D eigenvalue weighted by molar-refractivity contribution is -0.140. The summed E-state index contributed by atoms with van der Waals surface area (Å²) >= 11 is 0. The van der Waals surface area contributed by atoms with Crippen LogP contribution < -0.4 is 0 Å². The van der Waals surface area contributed by atoms with Gasteiger partial charge in [0, 0.05) is 5.41 Å². The predicted molar refractivity (Wildman–Crippen MR) is 106 cm³/mol. The minimum atomic E-state index is -4.61. The second-order valence-electron chi connectivity index (χ2n) is 7.54. The molecule has 0 amide bonds. The SMILES string of the molecule is CC(C)(c1cccc(-c2ccc(F)nc2F)n1)c1cccc(-c2nc[nH]c2C(F)(F)F)n1. The highest BCUT2D eigenvalue weighted by Gasteiger charge is 2.37. The molecule has 1 N–H and O–H groups in total. The van der Waals surface area contributed by atoms with Crippen molar-refractivity contribution in [2.45, 2.75) is 25.4 Å². The van der Waals surface area contributed by atoms with Gasteiger partial charge in [0.15, 0.2) is 0 Å². The highest BCUT2D eigenvalue weighted by Crippen LogP contribution is 2.36. The maximum atomic E-state index is 14.1. The summed E-state index contributed by atoms with van der Waals surface area (Å²) in [6.45, 7) is 3.58. The second-order valence-corrected chi connectivity index (χ2v) is 7.54. The average molecular weight is 445 g/mol. The molecule has 0 fully saturated rings. The zero-order valence-electron chi connectivity index (χ0n) is 16.9. The van der Waals surface area contributed by atoms with Crippen molar-refractivity contribution >= 4 is 0 Å². The Morgan fingerprint density at radius 3 is 2.03 bits per heavy atom. The quantitative estimate of drug-likeness (QED) is 0.330. The van der Waals surface area contributed by atoms with Crippen molar-refractivity contribution in [3.8, 4) is 22.6 Å². The van der Waals surface area contributed by atoms with E-state index in [0.29, 0.717) is 11.4 Å². The maximum absolute atomic E-state index is 14.1. The van der Waals surface area contributed by atoms with Gasteiger partial charge in [0.2, 0.25) is 11.9 Å². The van der Waals surface area contributed by atoms with Crippen LogP contribution in [-0.4, -0.2) is 24.9 Å². The molecule has 4 aromatic heterocycles. The molecule has 0 aliphatic heterocycles. The molecule has 10 heteroatoms. The van der Waals surface area contributed by atoms with E-state index >= 15 is 0 Å². The molecule has 0 spiro atoms. The molecular weight excluding hydrogens is 429 g/mol. The number of imidazole rings is 1. The summed E-state index contributed by atoms with van der Waals surface area (Å²) in [5, 5.41) is 0. The molecule has 0 aromatic carbocycles. The van der Waals surface area contributed by atoms with Gasteiger partial charge < -0.3 is 4.98 Å². The minimum Gasteiger partial charge on any atom is -0.340 e. The number of alkyl halides is 3. The molecule has 4 rings (SSSR count). The van der Waals surface area contributed by atoms with E-state index in [-0.39, 0.29) is 22.6 Å². The van der Waals surface area contributed by atoms with E-state index < -0.39 is 29.2 Å². The van der Waals surface area contributed by atoms with Crippen molar-refractivity contribution in [2.24, 2.45) is 0 Å². The Balaban J connectivity index is 1.75. The van der Waals surface area contributed by atoms with Crippen molar-refractivity contribution in [1.29, 1.82) is 0 Å². The van der Waals surface area contributed by atoms with Crippen LogP contribution in [0.5, 0.6) is 0 Å². The van der Waals surface area contributed by atoms with Crippen LogP contribution in [0.1, 0.15) is 30.9 Å². The first-order valence-corrected chi connectivity index (χ1v) is 9.46. The molecule has 0 bridgehead atoms. The Kier molecular flexibility index (Phi) is 5.23. The summed E-state index contributed by atoms with van der Waals surface area (Å²) in [4.78, 5) is 18.0. The fraction of sp³-hybridized carbons (Fsp3) is 0.182. The molecule has 0 aliphatic carbocycles. The van der Waals surface area contributed by atoms with Crippen molar-refractivity contribution in [3.63, 3.8) is 0 Å². The lowest BCUT2D eigenvalue weighted by atomic mass is 9.84. The Labute approximate surface area is 179 Å². The minimum absolute atomic E-state index is 0.0251. The fourth-order valence-electron chi connectivity index (χ4n) is 3.29. The van der Waals surface area contributed by atoms with Crippen LogP contribution in [0, 0.1) is 11.9 Å². The number of hydrogen-bond acceptors (Lipinski definition) is 4. The van der Waals surface area contributed by atoms with Gasteiger partial charge in [0.05, 0.1) is 34.7 Å². The third-order valence-corrected chi connectivity index (χ3v) is 5.04. The smallest absolute Gasteiger partial charge is 0.340 e. The number of aromatic nitrogens is 5. The first kappa shape index (κ1) is 21.5. The number of rotatable bonds is 4. The molecule has 4 heterocycles. The topological polar surface area (TPSA) is 67.3 Å². The summed E-state index contributed by atoms with van der Waals surface area (Å²) in [6.07, 6.45) is -3.64. The van der Waals surface area contributed by atoms with Crippen molar-refractivity contribution in [2.75, 3.05) is 0 Å². The van der Waals surface area contributed by atoms with Gasteiger partial charge in [-0.25, -0.2) is 4.98 Å². The standard InChI is InChI=1S/C22H16F5N5/c1-21(2,15-7-3-5-13(30-15)12-9-10-17(23)32-20(12)24)16-8-4-6-14(31-16)18-19(22(25,26)27)29-11-28-18/h3-11H,1-2H3,(H,28,29). The summed E-state index contributed by atoms with van der Waals surface area (Å²) in [6, 6.07) is 11.9. The van der Waals surface area contributed by atoms with Crippen LogP contribution in [0.25, 0.3) is 22.6 Å². The van der Waals surface area contributed by atoms with Gasteiger partial charge in [-0.3, -0.25) is 9.97 Å². The first-order valence-electron chi connectivity index (χ1n) is 9.46. The Hall–Kier alpha value is -3.69. The highest BCUT2D eigenvalue weighted by molar-refractivity contribution is 5.60. The summed E-state index contributed by atoms with van der Waals surface area (Å²) in [7, 11) is 0. The lowest BCUT2D eigenvalue weighted by Crippen LogP contribution is -2.22. The van der Waals surface area contributed by atoms with Gasteiger partial charge in [-0.1, -0.05) is 12.1 Å². The van der Waals surface area contributed by atoms with Crippen molar-refractivity contribution in [1.82, 2.24) is 24.9 Å². The average Bonchev–Trinajstić information content (AvgIpc) is 3.25.